The number of rotatable bonds is 4. The molecule has 0 spiro atoms. The fourth-order valence-electron chi connectivity index (χ4n) is 2.29. The van der Waals surface area contributed by atoms with Crippen molar-refractivity contribution >= 4 is 27.6 Å². The Morgan fingerprint density at radius 1 is 1.32 bits per heavy atom. The highest BCUT2D eigenvalue weighted by atomic mass is 79.9. The van der Waals surface area contributed by atoms with Gasteiger partial charge in [0, 0.05) is 12.7 Å². The molecule has 0 aliphatic heterocycles. The summed E-state index contributed by atoms with van der Waals surface area (Å²) in [4.78, 5) is 14.0. The minimum atomic E-state index is -0.149. The number of furan rings is 1. The zero-order valence-corrected chi connectivity index (χ0v) is 14.9. The van der Waals surface area contributed by atoms with E-state index in [1.807, 2.05) is 31.2 Å². The Hall–Kier alpha value is -1.75. The lowest BCUT2D eigenvalue weighted by atomic mass is 9.98. The summed E-state index contributed by atoms with van der Waals surface area (Å²) in [5.41, 5.74) is 3.10. The van der Waals surface area contributed by atoms with Gasteiger partial charge in [0.1, 0.15) is 5.76 Å². The molecule has 2 aromatic rings. The second-order valence-electron chi connectivity index (χ2n) is 5.69. The van der Waals surface area contributed by atoms with Gasteiger partial charge in [-0.3, -0.25) is 0 Å². The Labute approximate surface area is 139 Å². The van der Waals surface area contributed by atoms with Gasteiger partial charge in [0.15, 0.2) is 4.67 Å². The van der Waals surface area contributed by atoms with Gasteiger partial charge in [-0.25, -0.2) is 4.79 Å². The van der Waals surface area contributed by atoms with Crippen molar-refractivity contribution in [2.24, 2.45) is 0 Å². The number of hydrogen-bond acceptors (Lipinski definition) is 2. The number of benzene rings is 1. The first-order valence-corrected chi connectivity index (χ1v) is 8.03. The molecule has 1 heterocycles. The van der Waals surface area contributed by atoms with Crippen LogP contribution in [0.5, 0.6) is 0 Å². The Morgan fingerprint density at radius 3 is 2.64 bits per heavy atom. The van der Waals surface area contributed by atoms with Crippen molar-refractivity contribution in [1.29, 1.82) is 0 Å². The quantitative estimate of drug-likeness (QED) is 0.816. The van der Waals surface area contributed by atoms with E-state index in [1.54, 1.807) is 11.9 Å². The maximum Gasteiger partial charge on any atom is 0.322 e. The standard InChI is InChI=1S/C17H21BrN2O2/c1-11(2)14-7-5-6-12(3)16(14)19-17(21)20(4)10-13-8-9-15(18)22-13/h5-9,11H,10H2,1-4H3,(H,19,21). The number of aryl methyl sites for hydroxylation is 1. The van der Waals surface area contributed by atoms with Crippen LogP contribution in [0.3, 0.4) is 0 Å². The van der Waals surface area contributed by atoms with Crippen LogP contribution in [0.25, 0.3) is 0 Å². The van der Waals surface area contributed by atoms with Gasteiger partial charge in [0.2, 0.25) is 0 Å². The van der Waals surface area contributed by atoms with Gasteiger partial charge < -0.3 is 14.6 Å². The van der Waals surface area contributed by atoms with Gasteiger partial charge in [-0.15, -0.1) is 0 Å². The maximum atomic E-state index is 12.4. The highest BCUT2D eigenvalue weighted by molar-refractivity contribution is 9.10. The van der Waals surface area contributed by atoms with Gasteiger partial charge in [0.05, 0.1) is 6.54 Å². The van der Waals surface area contributed by atoms with Crippen LogP contribution >= 0.6 is 15.9 Å². The van der Waals surface area contributed by atoms with Crippen molar-refractivity contribution in [3.05, 3.63) is 51.9 Å². The lowest BCUT2D eigenvalue weighted by Gasteiger charge is -2.21. The Bertz CT molecular complexity index is 664. The monoisotopic (exact) mass is 364 g/mol. The predicted octanol–water partition coefficient (Wildman–Crippen LogP) is 5.14. The zero-order valence-electron chi connectivity index (χ0n) is 13.3. The van der Waals surface area contributed by atoms with E-state index in [4.69, 9.17) is 4.42 Å². The molecule has 1 aromatic carbocycles. The summed E-state index contributed by atoms with van der Waals surface area (Å²) in [6, 6.07) is 9.59. The predicted molar refractivity (Wildman–Crippen MR) is 92.2 cm³/mol. The van der Waals surface area contributed by atoms with E-state index >= 15 is 0 Å². The van der Waals surface area contributed by atoms with Crippen LogP contribution in [0.15, 0.2) is 39.4 Å². The smallest absolute Gasteiger partial charge is 0.322 e. The first kappa shape index (κ1) is 16.6. The Balaban J connectivity index is 2.11. The third-order valence-corrected chi connectivity index (χ3v) is 3.95. The average Bonchev–Trinajstić information content (AvgIpc) is 2.85. The van der Waals surface area contributed by atoms with E-state index in [2.05, 4.69) is 41.2 Å². The Kier molecular flexibility index (Phi) is 5.29. The lowest BCUT2D eigenvalue weighted by molar-refractivity contribution is 0.216. The molecule has 0 atom stereocenters. The molecule has 0 saturated heterocycles. The summed E-state index contributed by atoms with van der Waals surface area (Å²) in [6.45, 7) is 6.66. The summed E-state index contributed by atoms with van der Waals surface area (Å²) in [5, 5.41) is 3.02. The number of nitrogens with one attached hydrogen (secondary N) is 1. The minimum absolute atomic E-state index is 0.149. The molecule has 2 rings (SSSR count). The molecule has 0 saturated carbocycles. The number of amides is 2. The molecule has 118 valence electrons. The SMILES string of the molecule is Cc1cccc(C(C)C)c1NC(=O)N(C)Cc1ccc(Br)o1. The van der Waals surface area contributed by atoms with Crippen LogP contribution in [0.2, 0.25) is 0 Å². The molecule has 0 aliphatic rings. The van der Waals surface area contributed by atoms with Crippen LogP contribution in [0.1, 0.15) is 36.7 Å². The number of para-hydroxylation sites is 1. The number of halogens is 1. The summed E-state index contributed by atoms with van der Waals surface area (Å²) < 4.78 is 6.10. The van der Waals surface area contributed by atoms with Crippen molar-refractivity contribution in [2.75, 3.05) is 12.4 Å². The molecule has 22 heavy (non-hydrogen) atoms. The fourth-order valence-corrected chi connectivity index (χ4v) is 2.63. The van der Waals surface area contributed by atoms with E-state index in [-0.39, 0.29) is 6.03 Å². The van der Waals surface area contributed by atoms with Gasteiger partial charge in [-0.05, 0) is 52.0 Å². The zero-order chi connectivity index (χ0) is 16.3. The van der Waals surface area contributed by atoms with Gasteiger partial charge in [-0.2, -0.15) is 0 Å². The highest BCUT2D eigenvalue weighted by Gasteiger charge is 2.15. The first-order valence-electron chi connectivity index (χ1n) is 7.24. The van der Waals surface area contributed by atoms with Crippen molar-refractivity contribution in [3.63, 3.8) is 0 Å². The third-order valence-electron chi connectivity index (χ3n) is 3.53. The van der Waals surface area contributed by atoms with Gasteiger partial charge in [0.25, 0.3) is 0 Å². The van der Waals surface area contributed by atoms with Gasteiger partial charge in [-0.1, -0.05) is 32.0 Å². The third kappa shape index (κ3) is 3.91. The van der Waals surface area contributed by atoms with Crippen LogP contribution < -0.4 is 5.32 Å². The minimum Gasteiger partial charge on any atom is -0.452 e. The topological polar surface area (TPSA) is 45.5 Å². The highest BCUT2D eigenvalue weighted by Crippen LogP contribution is 2.27. The lowest BCUT2D eigenvalue weighted by Crippen LogP contribution is -2.31. The van der Waals surface area contributed by atoms with Crippen molar-refractivity contribution in [3.8, 4) is 0 Å². The normalized spacial score (nSPS) is 10.8. The number of nitrogens with zero attached hydrogens (tertiary/aromatic N) is 1. The fraction of sp³-hybridized carbons (Fsp3) is 0.353. The second kappa shape index (κ2) is 7.01. The molecular formula is C17H21BrN2O2. The maximum absolute atomic E-state index is 12.4. The Morgan fingerprint density at radius 2 is 2.05 bits per heavy atom. The van der Waals surface area contributed by atoms with Crippen molar-refractivity contribution in [2.45, 2.75) is 33.2 Å². The summed E-state index contributed by atoms with van der Waals surface area (Å²) in [6.07, 6.45) is 0. The largest absolute Gasteiger partial charge is 0.452 e. The van der Waals surface area contributed by atoms with E-state index < -0.39 is 0 Å². The number of carbonyl (C=O) groups is 1. The first-order chi connectivity index (χ1) is 10.4. The number of urea groups is 1. The van der Waals surface area contributed by atoms with Crippen molar-refractivity contribution < 1.29 is 9.21 Å². The number of anilines is 1. The molecule has 2 amide bonds. The van der Waals surface area contributed by atoms with Crippen LogP contribution in [0.4, 0.5) is 10.5 Å². The molecule has 0 aliphatic carbocycles. The molecule has 5 heteroatoms. The molecule has 1 aromatic heterocycles. The van der Waals surface area contributed by atoms with Gasteiger partial charge >= 0.3 is 6.03 Å². The molecule has 1 N–H and O–H groups in total. The second-order valence-corrected chi connectivity index (χ2v) is 6.47. The molecule has 0 bridgehead atoms. The van der Waals surface area contributed by atoms with E-state index in [0.29, 0.717) is 17.1 Å². The van der Waals surface area contributed by atoms with Crippen LogP contribution in [-0.2, 0) is 6.54 Å². The summed E-state index contributed by atoms with van der Waals surface area (Å²) in [7, 11) is 1.75. The van der Waals surface area contributed by atoms with E-state index in [9.17, 15) is 4.79 Å². The molecule has 0 fully saturated rings. The molecular weight excluding hydrogens is 344 g/mol. The number of hydrogen-bond donors (Lipinski definition) is 1. The summed E-state index contributed by atoms with van der Waals surface area (Å²) >= 11 is 3.26. The molecule has 0 radical (unpaired) electrons. The summed E-state index contributed by atoms with van der Waals surface area (Å²) in [5.74, 6) is 1.08. The molecule has 0 unspecified atom stereocenters. The van der Waals surface area contributed by atoms with Crippen molar-refractivity contribution in [1.82, 2.24) is 4.90 Å². The molecule has 4 nitrogen and oxygen atoms in total. The average molecular weight is 365 g/mol. The van der Waals surface area contributed by atoms with Crippen LogP contribution in [-0.4, -0.2) is 18.0 Å². The number of carbonyl (C=O) groups excluding carboxylic acids is 1. The van der Waals surface area contributed by atoms with E-state index in [1.165, 1.54) is 0 Å². The van der Waals surface area contributed by atoms with Crippen LogP contribution in [0, 0.1) is 6.92 Å². The van der Waals surface area contributed by atoms with E-state index in [0.717, 1.165) is 22.6 Å².